The van der Waals surface area contributed by atoms with Crippen LogP contribution in [0.1, 0.15) is 18.1 Å². The number of ether oxygens (including phenoxy) is 1. The molecule has 0 N–H and O–H groups in total. The largest absolute Gasteiger partial charge is 0.497 e. The van der Waals surface area contributed by atoms with E-state index in [0.29, 0.717) is 6.54 Å². The number of benzene rings is 2. The Morgan fingerprint density at radius 3 is 2.69 bits per heavy atom. The molecule has 0 spiro atoms. The highest BCUT2D eigenvalue weighted by molar-refractivity contribution is 5.99. The molecule has 1 aliphatic heterocycles. The van der Waals surface area contributed by atoms with Gasteiger partial charge in [0.1, 0.15) is 12.3 Å². The van der Waals surface area contributed by atoms with Gasteiger partial charge < -0.3 is 14.5 Å². The summed E-state index contributed by atoms with van der Waals surface area (Å²) in [6.07, 6.45) is 0.263. The molecule has 0 aromatic heterocycles. The molecule has 2 amide bonds. The predicted octanol–water partition coefficient (Wildman–Crippen LogP) is 2.81. The van der Waals surface area contributed by atoms with Gasteiger partial charge in [-0.2, -0.15) is 0 Å². The van der Waals surface area contributed by atoms with Crippen molar-refractivity contribution in [2.24, 2.45) is 0 Å². The molecule has 5 heteroatoms. The number of rotatable bonds is 4. The number of carbonyl (C=O) groups is 2. The molecule has 1 unspecified atom stereocenters. The van der Waals surface area contributed by atoms with E-state index in [0.717, 1.165) is 22.6 Å². The smallest absolute Gasteiger partial charge is 0.246 e. The number of carbonyl (C=O) groups excluding carboxylic acids is 2. The number of aryl methyl sites for hydroxylation is 1. The van der Waals surface area contributed by atoms with Crippen LogP contribution in [-0.4, -0.2) is 43.0 Å². The molecule has 136 valence electrons. The fraction of sp³-hybridized carbons (Fsp3) is 0.333. The van der Waals surface area contributed by atoms with Gasteiger partial charge in [-0.1, -0.05) is 30.3 Å². The Labute approximate surface area is 154 Å². The number of para-hydroxylation sites is 1. The Bertz CT molecular complexity index is 818. The molecule has 1 aliphatic rings. The fourth-order valence-electron chi connectivity index (χ4n) is 3.34. The average Bonchev–Trinajstić information content (AvgIpc) is 2.64. The number of anilines is 1. The van der Waals surface area contributed by atoms with Crippen molar-refractivity contribution in [1.29, 1.82) is 0 Å². The van der Waals surface area contributed by atoms with E-state index in [4.69, 9.17) is 4.74 Å². The van der Waals surface area contributed by atoms with Crippen molar-refractivity contribution >= 4 is 17.5 Å². The molecule has 26 heavy (non-hydrogen) atoms. The lowest BCUT2D eigenvalue weighted by atomic mass is 10.1. The second-order valence-corrected chi connectivity index (χ2v) is 6.69. The topological polar surface area (TPSA) is 49.9 Å². The van der Waals surface area contributed by atoms with Gasteiger partial charge in [0, 0.05) is 18.3 Å². The summed E-state index contributed by atoms with van der Waals surface area (Å²) >= 11 is 0. The van der Waals surface area contributed by atoms with Crippen LogP contribution in [0.5, 0.6) is 5.75 Å². The molecule has 5 nitrogen and oxygen atoms in total. The third-order valence-corrected chi connectivity index (χ3v) is 4.80. The number of hydrogen-bond acceptors (Lipinski definition) is 3. The first-order valence-electron chi connectivity index (χ1n) is 8.78. The SMILES string of the molecule is COc1cccc(CC(=O)N2CC(=O)N(c3ccccc3C)CC2C)c1. The molecule has 2 aromatic carbocycles. The first-order valence-corrected chi connectivity index (χ1v) is 8.78. The standard InChI is InChI=1S/C21H24N2O3/c1-15-7-4-5-10-19(15)23-13-16(2)22(14-21(23)25)20(24)12-17-8-6-9-18(11-17)26-3/h4-11,16H,12-14H2,1-3H3. The highest BCUT2D eigenvalue weighted by Crippen LogP contribution is 2.24. The molecule has 0 aliphatic carbocycles. The maximum Gasteiger partial charge on any atom is 0.246 e. The van der Waals surface area contributed by atoms with Crippen molar-refractivity contribution in [2.45, 2.75) is 26.3 Å². The molecule has 0 bridgehead atoms. The van der Waals surface area contributed by atoms with Crippen LogP contribution in [-0.2, 0) is 16.0 Å². The van der Waals surface area contributed by atoms with Crippen LogP contribution < -0.4 is 9.64 Å². The highest BCUT2D eigenvalue weighted by Gasteiger charge is 2.33. The summed E-state index contributed by atoms with van der Waals surface area (Å²) in [4.78, 5) is 28.9. The van der Waals surface area contributed by atoms with Crippen LogP contribution in [0.4, 0.5) is 5.69 Å². The lowest BCUT2D eigenvalue weighted by molar-refractivity contribution is -0.138. The summed E-state index contributed by atoms with van der Waals surface area (Å²) in [6.45, 7) is 4.60. The minimum atomic E-state index is -0.0450. The second kappa shape index (κ2) is 7.60. The Morgan fingerprint density at radius 1 is 1.19 bits per heavy atom. The number of hydrogen-bond donors (Lipinski definition) is 0. The lowest BCUT2D eigenvalue weighted by Crippen LogP contribution is -2.57. The molecule has 2 aromatic rings. The van der Waals surface area contributed by atoms with Crippen LogP contribution in [0.15, 0.2) is 48.5 Å². The Hall–Kier alpha value is -2.82. The van der Waals surface area contributed by atoms with Gasteiger partial charge in [-0.25, -0.2) is 0 Å². The second-order valence-electron chi connectivity index (χ2n) is 6.69. The predicted molar refractivity (Wildman–Crippen MR) is 101 cm³/mol. The number of nitrogens with zero attached hydrogens (tertiary/aromatic N) is 2. The van der Waals surface area contributed by atoms with Gasteiger partial charge in [-0.05, 0) is 43.2 Å². The molecule has 0 saturated carbocycles. The molecule has 1 saturated heterocycles. The van der Waals surface area contributed by atoms with E-state index in [1.165, 1.54) is 0 Å². The minimum Gasteiger partial charge on any atom is -0.497 e. The normalized spacial score (nSPS) is 17.3. The van der Waals surface area contributed by atoms with Crippen molar-refractivity contribution in [3.63, 3.8) is 0 Å². The molecule has 1 atom stereocenters. The van der Waals surface area contributed by atoms with Gasteiger partial charge in [0.05, 0.1) is 13.5 Å². The van der Waals surface area contributed by atoms with Crippen LogP contribution >= 0.6 is 0 Å². The zero-order chi connectivity index (χ0) is 18.7. The molecule has 1 heterocycles. The first-order chi connectivity index (χ1) is 12.5. The Balaban J connectivity index is 1.72. The van der Waals surface area contributed by atoms with E-state index in [9.17, 15) is 9.59 Å². The van der Waals surface area contributed by atoms with Gasteiger partial charge in [-0.15, -0.1) is 0 Å². The third kappa shape index (κ3) is 3.72. The molecular weight excluding hydrogens is 328 g/mol. The monoisotopic (exact) mass is 352 g/mol. The zero-order valence-corrected chi connectivity index (χ0v) is 15.4. The van der Waals surface area contributed by atoms with Gasteiger partial charge in [0.15, 0.2) is 0 Å². The molecule has 1 fully saturated rings. The minimum absolute atomic E-state index is 0.0367. The average molecular weight is 352 g/mol. The molecule has 3 rings (SSSR count). The molecule has 0 radical (unpaired) electrons. The summed E-state index contributed by atoms with van der Waals surface area (Å²) in [5.41, 5.74) is 2.86. The van der Waals surface area contributed by atoms with Crippen LogP contribution in [0.2, 0.25) is 0 Å². The third-order valence-electron chi connectivity index (χ3n) is 4.80. The lowest BCUT2D eigenvalue weighted by Gasteiger charge is -2.40. The maximum atomic E-state index is 12.7. The Morgan fingerprint density at radius 2 is 1.96 bits per heavy atom. The summed E-state index contributed by atoms with van der Waals surface area (Å²) in [5, 5.41) is 0. The van der Waals surface area contributed by atoms with Gasteiger partial charge in [0.25, 0.3) is 0 Å². The summed E-state index contributed by atoms with van der Waals surface area (Å²) in [6, 6.07) is 15.3. The van der Waals surface area contributed by atoms with Gasteiger partial charge >= 0.3 is 0 Å². The first kappa shape index (κ1) is 18.0. The zero-order valence-electron chi connectivity index (χ0n) is 15.4. The summed E-state index contributed by atoms with van der Waals surface area (Å²) in [5.74, 6) is 0.642. The summed E-state index contributed by atoms with van der Waals surface area (Å²) in [7, 11) is 1.60. The van der Waals surface area contributed by atoms with E-state index in [1.54, 1.807) is 16.9 Å². The number of piperazine rings is 1. The Kier molecular flexibility index (Phi) is 5.26. The van der Waals surface area contributed by atoms with Crippen LogP contribution in [0.3, 0.4) is 0 Å². The van der Waals surface area contributed by atoms with E-state index in [1.807, 2.05) is 62.4 Å². The van der Waals surface area contributed by atoms with E-state index >= 15 is 0 Å². The maximum absolute atomic E-state index is 12.7. The van der Waals surface area contributed by atoms with Crippen LogP contribution in [0, 0.1) is 6.92 Å². The van der Waals surface area contributed by atoms with Crippen molar-refractivity contribution in [3.05, 3.63) is 59.7 Å². The van der Waals surface area contributed by atoms with E-state index in [2.05, 4.69) is 0 Å². The van der Waals surface area contributed by atoms with Crippen molar-refractivity contribution < 1.29 is 14.3 Å². The van der Waals surface area contributed by atoms with Gasteiger partial charge in [0.2, 0.25) is 11.8 Å². The number of methoxy groups -OCH3 is 1. The highest BCUT2D eigenvalue weighted by atomic mass is 16.5. The van der Waals surface area contributed by atoms with Crippen LogP contribution in [0.25, 0.3) is 0 Å². The number of amides is 2. The van der Waals surface area contributed by atoms with E-state index in [-0.39, 0.29) is 30.8 Å². The van der Waals surface area contributed by atoms with E-state index < -0.39 is 0 Å². The van der Waals surface area contributed by atoms with Crippen molar-refractivity contribution in [3.8, 4) is 5.75 Å². The summed E-state index contributed by atoms with van der Waals surface area (Å²) < 4.78 is 5.21. The van der Waals surface area contributed by atoms with Crippen molar-refractivity contribution in [1.82, 2.24) is 4.90 Å². The van der Waals surface area contributed by atoms with Crippen molar-refractivity contribution in [2.75, 3.05) is 25.1 Å². The van der Waals surface area contributed by atoms with Gasteiger partial charge in [-0.3, -0.25) is 9.59 Å². The fourth-order valence-corrected chi connectivity index (χ4v) is 3.34. The quantitative estimate of drug-likeness (QED) is 0.850. The molecular formula is C21H24N2O3.